The van der Waals surface area contributed by atoms with Crippen LogP contribution in [0.2, 0.25) is 0 Å². The fourth-order valence-corrected chi connectivity index (χ4v) is 5.80. The molecule has 41 heavy (non-hydrogen) atoms. The highest BCUT2D eigenvalue weighted by molar-refractivity contribution is 5.89. The average molecular weight is 555 g/mol. The van der Waals surface area contributed by atoms with Crippen molar-refractivity contribution >= 4 is 30.2 Å². The molecule has 0 spiro atoms. The number of aliphatic hydroxyl groups is 2. The van der Waals surface area contributed by atoms with Crippen molar-refractivity contribution in [3.8, 4) is 11.5 Å². The van der Waals surface area contributed by atoms with Crippen molar-refractivity contribution in [3.63, 3.8) is 0 Å². The molecule has 2 amide bonds. The number of carbonyl (C=O) groups is 2. The zero-order chi connectivity index (χ0) is 28.8. The molecule has 3 aromatic rings. The summed E-state index contributed by atoms with van der Waals surface area (Å²) in [4.78, 5) is 27.4. The van der Waals surface area contributed by atoms with Gasteiger partial charge in [0.1, 0.15) is 11.5 Å². The Morgan fingerprint density at radius 3 is 2.44 bits per heavy atom. The Kier molecular flexibility index (Phi) is 9.17. The van der Waals surface area contributed by atoms with Gasteiger partial charge >= 0.3 is 0 Å². The number of para-hydroxylation sites is 1. The lowest BCUT2D eigenvalue weighted by Crippen LogP contribution is -2.47. The second-order valence-electron chi connectivity index (χ2n) is 11.2. The number of hydrogen-bond donors (Lipinski definition) is 3. The van der Waals surface area contributed by atoms with E-state index in [-0.39, 0.29) is 24.5 Å². The normalized spacial score (nSPS) is 19.9. The van der Waals surface area contributed by atoms with Crippen LogP contribution in [0.3, 0.4) is 0 Å². The van der Waals surface area contributed by atoms with Crippen molar-refractivity contribution in [2.45, 2.75) is 69.7 Å². The number of rotatable bonds is 10. The van der Waals surface area contributed by atoms with Crippen molar-refractivity contribution in [2.75, 3.05) is 4.90 Å². The Hall–Kier alpha value is -3.94. The van der Waals surface area contributed by atoms with Gasteiger partial charge in [-0.2, -0.15) is 0 Å². The number of anilines is 1. The largest absolute Gasteiger partial charge is 0.456 e. The number of aliphatic hydroxyl groups excluding tert-OH is 2. The second-order valence-corrected chi connectivity index (χ2v) is 11.2. The third-order valence-electron chi connectivity index (χ3n) is 8.18. The molecule has 1 fully saturated rings. The monoisotopic (exact) mass is 554 g/mol. The molecule has 3 N–H and O–H groups in total. The number of fused-ring (bicyclic) bond motifs is 2. The molecule has 1 aliphatic heterocycles. The van der Waals surface area contributed by atoms with E-state index < -0.39 is 18.1 Å². The molecule has 2 aliphatic rings. The molecule has 0 radical (unpaired) electrons. The molecular weight excluding hydrogens is 516 g/mol. The van der Waals surface area contributed by atoms with Crippen LogP contribution in [0.25, 0.3) is 12.2 Å². The van der Waals surface area contributed by atoms with E-state index in [9.17, 15) is 19.8 Å². The SMILES string of the molecule is C[C@H](C[C@H](O)[C@H](Cc1ccccc1)N(C=O)c1cccc2c1C=Cc1ccccc1O2)C(=O)NC1CCC(O)CC1. The van der Waals surface area contributed by atoms with E-state index in [1.54, 1.807) is 4.90 Å². The van der Waals surface area contributed by atoms with E-state index in [4.69, 9.17) is 4.74 Å². The highest BCUT2D eigenvalue weighted by Gasteiger charge is 2.32. The summed E-state index contributed by atoms with van der Waals surface area (Å²) in [5, 5.41) is 24.5. The number of amides is 2. The molecule has 0 saturated heterocycles. The average Bonchev–Trinajstić information content (AvgIpc) is 3.18. The lowest BCUT2D eigenvalue weighted by atomic mass is 9.90. The van der Waals surface area contributed by atoms with E-state index >= 15 is 0 Å². The Bertz CT molecular complexity index is 1370. The Morgan fingerprint density at radius 1 is 0.976 bits per heavy atom. The minimum absolute atomic E-state index is 0.0350. The predicted molar refractivity (Wildman–Crippen MR) is 161 cm³/mol. The van der Waals surface area contributed by atoms with Gasteiger partial charge < -0.3 is 25.2 Å². The summed E-state index contributed by atoms with van der Waals surface area (Å²) in [6.07, 6.45) is 6.85. The van der Waals surface area contributed by atoms with Crippen LogP contribution in [-0.2, 0) is 16.0 Å². The van der Waals surface area contributed by atoms with Crippen LogP contribution in [0.1, 0.15) is 55.7 Å². The topological polar surface area (TPSA) is 99.1 Å². The minimum atomic E-state index is -0.974. The highest BCUT2D eigenvalue weighted by atomic mass is 16.5. The predicted octanol–water partition coefficient (Wildman–Crippen LogP) is 5.34. The van der Waals surface area contributed by atoms with Gasteiger partial charge in [-0.3, -0.25) is 9.59 Å². The molecule has 3 aromatic carbocycles. The van der Waals surface area contributed by atoms with Gasteiger partial charge in [-0.25, -0.2) is 0 Å². The summed E-state index contributed by atoms with van der Waals surface area (Å²) >= 11 is 0. The third kappa shape index (κ3) is 6.87. The third-order valence-corrected chi connectivity index (χ3v) is 8.18. The summed E-state index contributed by atoms with van der Waals surface area (Å²) in [6, 6.07) is 22.5. The molecule has 7 nitrogen and oxygen atoms in total. The minimum Gasteiger partial charge on any atom is -0.456 e. The van der Waals surface area contributed by atoms with Crippen molar-refractivity contribution in [1.29, 1.82) is 0 Å². The van der Waals surface area contributed by atoms with Crippen LogP contribution in [-0.4, -0.2) is 46.8 Å². The number of hydrogen-bond acceptors (Lipinski definition) is 5. The van der Waals surface area contributed by atoms with Crippen LogP contribution in [0.5, 0.6) is 11.5 Å². The van der Waals surface area contributed by atoms with Crippen molar-refractivity contribution in [1.82, 2.24) is 5.32 Å². The van der Waals surface area contributed by atoms with E-state index in [0.29, 0.717) is 30.7 Å². The number of ether oxygens (including phenoxy) is 1. The van der Waals surface area contributed by atoms with Gasteiger partial charge in [0.15, 0.2) is 0 Å². The van der Waals surface area contributed by atoms with E-state index in [1.807, 2.05) is 91.9 Å². The quantitative estimate of drug-likeness (QED) is 0.230. The van der Waals surface area contributed by atoms with E-state index in [1.165, 1.54) is 0 Å². The van der Waals surface area contributed by atoms with Gasteiger partial charge in [0.05, 0.1) is 23.9 Å². The van der Waals surface area contributed by atoms with Gasteiger partial charge in [-0.1, -0.05) is 67.6 Å². The van der Waals surface area contributed by atoms with Gasteiger partial charge in [-0.15, -0.1) is 0 Å². The van der Waals surface area contributed by atoms with E-state index in [2.05, 4.69) is 5.32 Å². The highest BCUT2D eigenvalue weighted by Crippen LogP contribution is 2.39. The van der Waals surface area contributed by atoms with Crippen LogP contribution >= 0.6 is 0 Å². The smallest absolute Gasteiger partial charge is 0.223 e. The summed E-state index contributed by atoms with van der Waals surface area (Å²) in [5.74, 6) is 0.762. The molecule has 1 heterocycles. The van der Waals surface area contributed by atoms with Crippen molar-refractivity contribution in [3.05, 3.63) is 89.5 Å². The number of nitrogens with one attached hydrogen (secondary N) is 1. The summed E-state index contributed by atoms with van der Waals surface area (Å²) in [7, 11) is 0. The van der Waals surface area contributed by atoms with Gasteiger partial charge in [0.25, 0.3) is 0 Å². The van der Waals surface area contributed by atoms with E-state index in [0.717, 1.165) is 41.7 Å². The fourth-order valence-electron chi connectivity index (χ4n) is 5.80. The maximum atomic E-state index is 13.1. The second kappa shape index (κ2) is 13.1. The van der Waals surface area contributed by atoms with Gasteiger partial charge in [0.2, 0.25) is 12.3 Å². The van der Waals surface area contributed by atoms with Crippen molar-refractivity contribution in [2.24, 2.45) is 5.92 Å². The number of benzene rings is 3. The summed E-state index contributed by atoms with van der Waals surface area (Å²) < 4.78 is 6.23. The first-order chi connectivity index (χ1) is 19.9. The molecule has 1 aliphatic carbocycles. The van der Waals surface area contributed by atoms with Crippen molar-refractivity contribution < 1.29 is 24.5 Å². The molecule has 0 unspecified atom stereocenters. The first-order valence-corrected chi connectivity index (χ1v) is 14.4. The standard InChI is InChI=1S/C34H38N2O5/c1-23(34(40)35-26-15-17-27(38)18-16-26)20-31(39)30(21-24-8-3-2-4-9-24)36(22-37)29-11-7-13-33-28(29)19-14-25-10-5-6-12-32(25)41-33/h2-14,19,22-23,26-27,30-31,38-39H,15-18,20-21H2,1H3,(H,35,40)/t23-,26?,27?,30+,31+/m1/s1. The number of nitrogens with zero attached hydrogens (tertiary/aromatic N) is 1. The lowest BCUT2D eigenvalue weighted by molar-refractivity contribution is -0.126. The Morgan fingerprint density at radius 2 is 1.68 bits per heavy atom. The first kappa shape index (κ1) is 28.6. The molecular formula is C34H38N2O5. The molecule has 5 rings (SSSR count). The zero-order valence-corrected chi connectivity index (χ0v) is 23.4. The molecule has 214 valence electrons. The Labute approximate surface area is 241 Å². The van der Waals surface area contributed by atoms with Crippen LogP contribution in [0.4, 0.5) is 5.69 Å². The Balaban J connectivity index is 1.40. The molecule has 0 aromatic heterocycles. The van der Waals surface area contributed by atoms with Crippen LogP contribution in [0, 0.1) is 5.92 Å². The van der Waals surface area contributed by atoms with Crippen LogP contribution < -0.4 is 15.0 Å². The molecule has 1 saturated carbocycles. The molecule has 7 heteroatoms. The zero-order valence-electron chi connectivity index (χ0n) is 23.4. The van der Waals surface area contributed by atoms with Gasteiger partial charge in [-0.05, 0) is 68.4 Å². The summed E-state index contributed by atoms with van der Waals surface area (Å²) in [5.41, 5.74) is 3.27. The summed E-state index contributed by atoms with van der Waals surface area (Å²) in [6.45, 7) is 1.81. The number of carbonyl (C=O) groups excluding carboxylic acids is 2. The fraction of sp³-hybridized carbons (Fsp3) is 0.353. The maximum Gasteiger partial charge on any atom is 0.223 e. The molecule has 3 atom stereocenters. The maximum absolute atomic E-state index is 13.1. The first-order valence-electron chi connectivity index (χ1n) is 14.4. The molecule has 0 bridgehead atoms. The lowest BCUT2D eigenvalue weighted by Gasteiger charge is -2.35. The van der Waals surface area contributed by atoms with Crippen LogP contribution in [0.15, 0.2) is 72.8 Å². The van der Waals surface area contributed by atoms with Gasteiger partial charge in [0, 0.05) is 23.1 Å².